The van der Waals surface area contributed by atoms with Crippen molar-refractivity contribution < 1.29 is 19.4 Å². The molecule has 1 aliphatic heterocycles. The van der Waals surface area contributed by atoms with Gasteiger partial charge in [-0.2, -0.15) is 0 Å². The van der Waals surface area contributed by atoms with Crippen LogP contribution in [0.5, 0.6) is 0 Å². The topological polar surface area (TPSA) is 78.9 Å². The maximum absolute atomic E-state index is 11.7. The lowest BCUT2D eigenvalue weighted by atomic mass is 10.0. The van der Waals surface area contributed by atoms with Crippen molar-refractivity contribution >= 4 is 12.0 Å². The molecule has 2 atom stereocenters. The highest BCUT2D eigenvalue weighted by atomic mass is 16.5. The molecule has 0 aromatic carbocycles. The Hall–Kier alpha value is -1.30. The second-order valence-corrected chi connectivity index (χ2v) is 3.96. The molecule has 0 aromatic heterocycles. The van der Waals surface area contributed by atoms with Crippen LogP contribution in [0, 0.1) is 5.92 Å². The summed E-state index contributed by atoms with van der Waals surface area (Å²) in [4.78, 5) is 24.0. The van der Waals surface area contributed by atoms with Gasteiger partial charge in [-0.1, -0.05) is 0 Å². The Morgan fingerprint density at radius 3 is 2.38 bits per heavy atom. The summed E-state index contributed by atoms with van der Waals surface area (Å²) in [6.45, 7) is 5.45. The Balaban J connectivity index is 2.40. The summed E-state index contributed by atoms with van der Waals surface area (Å²) in [6.07, 6.45) is 0. The molecule has 2 unspecified atom stereocenters. The van der Waals surface area contributed by atoms with Crippen molar-refractivity contribution in [2.45, 2.75) is 19.9 Å². The van der Waals surface area contributed by atoms with E-state index in [4.69, 9.17) is 9.84 Å². The minimum atomic E-state index is -0.908. The average molecular weight is 230 g/mol. The van der Waals surface area contributed by atoms with Crippen molar-refractivity contribution in [2.24, 2.45) is 5.92 Å². The normalized spacial score (nSPS) is 20.0. The zero-order valence-electron chi connectivity index (χ0n) is 9.60. The fraction of sp³-hybridized carbons (Fsp3) is 0.800. The molecule has 0 bridgehead atoms. The first kappa shape index (κ1) is 12.8. The molecule has 1 heterocycles. The zero-order chi connectivity index (χ0) is 12.1. The van der Waals surface area contributed by atoms with Gasteiger partial charge in [0, 0.05) is 19.1 Å². The molecule has 1 aliphatic rings. The van der Waals surface area contributed by atoms with E-state index in [0.29, 0.717) is 26.3 Å². The van der Waals surface area contributed by atoms with Gasteiger partial charge in [0.25, 0.3) is 0 Å². The van der Waals surface area contributed by atoms with Crippen molar-refractivity contribution in [1.29, 1.82) is 0 Å². The summed E-state index contributed by atoms with van der Waals surface area (Å²) < 4.78 is 5.12. The van der Waals surface area contributed by atoms with Gasteiger partial charge in [0.1, 0.15) is 0 Å². The summed E-state index contributed by atoms with van der Waals surface area (Å²) in [6, 6.07) is -0.600. The van der Waals surface area contributed by atoms with Crippen LogP contribution in [-0.4, -0.2) is 54.4 Å². The number of rotatable bonds is 3. The minimum absolute atomic E-state index is 0.219. The first-order valence-corrected chi connectivity index (χ1v) is 5.38. The number of aliphatic carboxylic acids is 1. The molecule has 1 saturated heterocycles. The van der Waals surface area contributed by atoms with E-state index in [1.54, 1.807) is 18.7 Å². The third-order valence-electron chi connectivity index (χ3n) is 2.79. The number of ether oxygens (including phenoxy) is 1. The van der Waals surface area contributed by atoms with Crippen LogP contribution < -0.4 is 5.32 Å². The fourth-order valence-corrected chi connectivity index (χ4v) is 1.39. The van der Waals surface area contributed by atoms with Gasteiger partial charge in [0.15, 0.2) is 0 Å². The van der Waals surface area contributed by atoms with Gasteiger partial charge in [0.2, 0.25) is 0 Å². The lowest BCUT2D eigenvalue weighted by Crippen LogP contribution is -2.50. The maximum atomic E-state index is 11.7. The maximum Gasteiger partial charge on any atom is 0.317 e. The molecule has 0 radical (unpaired) electrons. The van der Waals surface area contributed by atoms with E-state index in [-0.39, 0.29) is 12.1 Å². The molecule has 16 heavy (non-hydrogen) atoms. The Morgan fingerprint density at radius 2 is 1.88 bits per heavy atom. The Bertz CT molecular complexity index is 264. The molecular formula is C10H18N2O4. The Morgan fingerprint density at radius 1 is 1.31 bits per heavy atom. The number of amides is 2. The van der Waals surface area contributed by atoms with Crippen molar-refractivity contribution in [3.05, 3.63) is 0 Å². The molecule has 6 nitrogen and oxygen atoms in total. The van der Waals surface area contributed by atoms with Gasteiger partial charge in [-0.05, 0) is 13.8 Å². The quantitative estimate of drug-likeness (QED) is 0.722. The molecule has 2 N–H and O–H groups in total. The van der Waals surface area contributed by atoms with Gasteiger partial charge in [-0.15, -0.1) is 0 Å². The van der Waals surface area contributed by atoms with E-state index in [9.17, 15) is 9.59 Å². The average Bonchev–Trinajstić information content (AvgIpc) is 2.28. The molecule has 0 aliphatic carbocycles. The molecule has 6 heteroatoms. The van der Waals surface area contributed by atoms with Gasteiger partial charge in [0.05, 0.1) is 19.1 Å². The smallest absolute Gasteiger partial charge is 0.317 e. The molecule has 92 valence electrons. The van der Waals surface area contributed by atoms with Crippen LogP contribution in [0.3, 0.4) is 0 Å². The van der Waals surface area contributed by atoms with E-state index >= 15 is 0 Å². The van der Waals surface area contributed by atoms with Crippen molar-refractivity contribution in [3.63, 3.8) is 0 Å². The van der Waals surface area contributed by atoms with Gasteiger partial charge in [-0.3, -0.25) is 4.79 Å². The first-order valence-electron chi connectivity index (χ1n) is 5.38. The first-order chi connectivity index (χ1) is 7.52. The molecule has 0 aromatic rings. The third-order valence-corrected chi connectivity index (χ3v) is 2.79. The van der Waals surface area contributed by atoms with Crippen molar-refractivity contribution in [3.8, 4) is 0 Å². The zero-order valence-corrected chi connectivity index (χ0v) is 9.60. The van der Waals surface area contributed by atoms with Crippen molar-refractivity contribution in [1.82, 2.24) is 10.2 Å². The van der Waals surface area contributed by atoms with E-state index in [1.165, 1.54) is 0 Å². The molecule has 2 amide bonds. The Labute approximate surface area is 94.6 Å². The van der Waals surface area contributed by atoms with Crippen LogP contribution in [-0.2, 0) is 9.53 Å². The van der Waals surface area contributed by atoms with Crippen LogP contribution in [0.1, 0.15) is 13.8 Å². The SMILES string of the molecule is CC(NC(=O)N1CCOCC1)C(C)C(=O)O. The number of carbonyl (C=O) groups is 2. The number of nitrogens with one attached hydrogen (secondary N) is 1. The van der Waals surface area contributed by atoms with E-state index < -0.39 is 11.9 Å². The molecule has 1 rings (SSSR count). The van der Waals surface area contributed by atoms with Crippen molar-refractivity contribution in [2.75, 3.05) is 26.3 Å². The second-order valence-electron chi connectivity index (χ2n) is 3.96. The van der Waals surface area contributed by atoms with E-state index in [0.717, 1.165) is 0 Å². The minimum Gasteiger partial charge on any atom is -0.481 e. The number of urea groups is 1. The van der Waals surface area contributed by atoms with Gasteiger partial charge < -0.3 is 20.1 Å². The van der Waals surface area contributed by atoms with Gasteiger partial charge in [-0.25, -0.2) is 4.79 Å². The molecular weight excluding hydrogens is 212 g/mol. The van der Waals surface area contributed by atoms with E-state index in [1.807, 2.05) is 0 Å². The number of carboxylic acids is 1. The number of carbonyl (C=O) groups excluding carboxylic acids is 1. The highest BCUT2D eigenvalue weighted by Crippen LogP contribution is 2.04. The number of hydrogen-bond acceptors (Lipinski definition) is 3. The predicted octanol–water partition coefficient (Wildman–Crippen LogP) is 0.137. The molecule has 0 spiro atoms. The molecule has 0 saturated carbocycles. The monoisotopic (exact) mass is 230 g/mol. The summed E-state index contributed by atoms with van der Waals surface area (Å²) in [5, 5.41) is 11.5. The van der Waals surface area contributed by atoms with Crippen LogP contribution in [0.25, 0.3) is 0 Å². The second kappa shape index (κ2) is 5.69. The number of hydrogen-bond donors (Lipinski definition) is 2. The number of nitrogens with zero attached hydrogens (tertiary/aromatic N) is 1. The van der Waals surface area contributed by atoms with Crippen LogP contribution in [0.2, 0.25) is 0 Å². The highest BCUT2D eigenvalue weighted by Gasteiger charge is 2.24. The molecule has 1 fully saturated rings. The summed E-state index contributed by atoms with van der Waals surface area (Å²) in [7, 11) is 0. The largest absolute Gasteiger partial charge is 0.481 e. The number of morpholine rings is 1. The fourth-order valence-electron chi connectivity index (χ4n) is 1.39. The highest BCUT2D eigenvalue weighted by molar-refractivity contribution is 5.76. The lowest BCUT2D eigenvalue weighted by Gasteiger charge is -2.29. The van der Waals surface area contributed by atoms with Crippen LogP contribution >= 0.6 is 0 Å². The number of carboxylic acid groups (broad SMARTS) is 1. The van der Waals surface area contributed by atoms with E-state index in [2.05, 4.69) is 5.32 Å². The summed E-state index contributed by atoms with van der Waals surface area (Å²) in [5.74, 6) is -1.50. The standard InChI is InChI=1S/C10H18N2O4/c1-7(9(13)14)8(2)11-10(15)12-3-5-16-6-4-12/h7-8H,3-6H2,1-2H3,(H,11,15)(H,13,14). The third kappa shape index (κ3) is 3.37. The Kier molecular flexibility index (Phi) is 4.54. The predicted molar refractivity (Wildman–Crippen MR) is 57.2 cm³/mol. The van der Waals surface area contributed by atoms with Crippen LogP contribution in [0.15, 0.2) is 0 Å². The van der Waals surface area contributed by atoms with Crippen LogP contribution in [0.4, 0.5) is 4.79 Å². The summed E-state index contributed by atoms with van der Waals surface area (Å²) in [5.41, 5.74) is 0. The lowest BCUT2D eigenvalue weighted by molar-refractivity contribution is -0.141. The summed E-state index contributed by atoms with van der Waals surface area (Å²) >= 11 is 0. The van der Waals surface area contributed by atoms with Gasteiger partial charge >= 0.3 is 12.0 Å².